The van der Waals surface area contributed by atoms with Crippen molar-refractivity contribution in [2.75, 3.05) is 13.1 Å². The Hall–Kier alpha value is -2.82. The van der Waals surface area contributed by atoms with Crippen molar-refractivity contribution in [1.82, 2.24) is 14.5 Å². The van der Waals surface area contributed by atoms with Crippen LogP contribution in [0.15, 0.2) is 59.3 Å². The number of imidazole rings is 1. The SMILES string of the molecule is Cc1cnc(-c2ccccc2)n1CC1CCCN(C(=O)c2ccco2)C1. The molecule has 1 unspecified atom stereocenters. The van der Waals surface area contributed by atoms with Gasteiger partial charge < -0.3 is 13.9 Å². The van der Waals surface area contributed by atoms with E-state index in [9.17, 15) is 4.79 Å². The second-order valence-corrected chi connectivity index (χ2v) is 6.94. The average molecular weight is 349 g/mol. The van der Waals surface area contributed by atoms with Gasteiger partial charge in [0, 0.05) is 37.1 Å². The molecule has 0 radical (unpaired) electrons. The first-order chi connectivity index (χ1) is 12.7. The summed E-state index contributed by atoms with van der Waals surface area (Å²) in [4.78, 5) is 19.1. The van der Waals surface area contributed by atoms with Gasteiger partial charge in [0.2, 0.25) is 0 Å². The van der Waals surface area contributed by atoms with Gasteiger partial charge in [-0.3, -0.25) is 4.79 Å². The first kappa shape index (κ1) is 16.6. The maximum absolute atomic E-state index is 12.6. The van der Waals surface area contributed by atoms with Crippen LogP contribution in [0.3, 0.4) is 0 Å². The van der Waals surface area contributed by atoms with E-state index in [1.165, 1.54) is 0 Å². The number of aryl methyl sites for hydroxylation is 1. The predicted octanol–water partition coefficient (Wildman–Crippen LogP) is 4.00. The lowest BCUT2D eigenvalue weighted by molar-refractivity contribution is 0.0630. The Balaban J connectivity index is 1.51. The largest absolute Gasteiger partial charge is 0.459 e. The molecule has 1 aliphatic heterocycles. The molecule has 2 aromatic heterocycles. The molecule has 0 saturated carbocycles. The number of hydrogen-bond acceptors (Lipinski definition) is 3. The number of aromatic nitrogens is 2. The lowest BCUT2D eigenvalue weighted by Gasteiger charge is -2.33. The molecule has 0 aliphatic carbocycles. The predicted molar refractivity (Wildman–Crippen MR) is 99.7 cm³/mol. The molecule has 3 aromatic rings. The van der Waals surface area contributed by atoms with Crippen LogP contribution in [-0.4, -0.2) is 33.4 Å². The standard InChI is InChI=1S/C21H23N3O2/c1-16-13-22-20(18-8-3-2-4-9-18)24(16)15-17-7-5-11-23(14-17)21(25)19-10-6-12-26-19/h2-4,6,8-10,12-13,17H,5,7,11,14-15H2,1H3. The lowest BCUT2D eigenvalue weighted by atomic mass is 9.97. The van der Waals surface area contributed by atoms with E-state index in [4.69, 9.17) is 4.42 Å². The molecular formula is C21H23N3O2. The zero-order chi connectivity index (χ0) is 17.9. The molecule has 4 rings (SSSR count). The van der Waals surface area contributed by atoms with E-state index < -0.39 is 0 Å². The van der Waals surface area contributed by atoms with Gasteiger partial charge >= 0.3 is 0 Å². The summed E-state index contributed by atoms with van der Waals surface area (Å²) in [7, 11) is 0. The van der Waals surface area contributed by atoms with E-state index in [-0.39, 0.29) is 5.91 Å². The number of nitrogens with zero attached hydrogens (tertiary/aromatic N) is 3. The number of piperidine rings is 1. The van der Waals surface area contributed by atoms with Crippen LogP contribution in [-0.2, 0) is 6.54 Å². The van der Waals surface area contributed by atoms with Crippen molar-refractivity contribution >= 4 is 5.91 Å². The Bertz CT molecular complexity index is 868. The molecule has 1 amide bonds. The van der Waals surface area contributed by atoms with Crippen molar-refractivity contribution in [2.45, 2.75) is 26.3 Å². The minimum atomic E-state index is -0.00895. The second kappa shape index (κ2) is 7.20. The fourth-order valence-electron chi connectivity index (χ4n) is 3.72. The Kier molecular flexibility index (Phi) is 4.61. The molecule has 1 fully saturated rings. The van der Waals surface area contributed by atoms with Crippen LogP contribution in [0.5, 0.6) is 0 Å². The van der Waals surface area contributed by atoms with Crippen molar-refractivity contribution < 1.29 is 9.21 Å². The highest BCUT2D eigenvalue weighted by Crippen LogP contribution is 2.25. The van der Waals surface area contributed by atoms with E-state index >= 15 is 0 Å². The number of benzene rings is 1. The summed E-state index contributed by atoms with van der Waals surface area (Å²) in [5, 5.41) is 0. The van der Waals surface area contributed by atoms with Crippen LogP contribution in [0.25, 0.3) is 11.4 Å². The molecule has 3 heterocycles. The minimum absolute atomic E-state index is 0.00895. The fraction of sp³-hybridized carbons (Fsp3) is 0.333. The number of carbonyl (C=O) groups is 1. The maximum Gasteiger partial charge on any atom is 0.289 e. The summed E-state index contributed by atoms with van der Waals surface area (Å²) < 4.78 is 7.56. The van der Waals surface area contributed by atoms with Gasteiger partial charge in [-0.15, -0.1) is 0 Å². The highest BCUT2D eigenvalue weighted by molar-refractivity contribution is 5.91. The topological polar surface area (TPSA) is 51.3 Å². The summed E-state index contributed by atoms with van der Waals surface area (Å²) in [6.07, 6.45) is 5.62. The monoisotopic (exact) mass is 349 g/mol. The van der Waals surface area contributed by atoms with Crippen LogP contribution < -0.4 is 0 Å². The van der Waals surface area contributed by atoms with Crippen molar-refractivity contribution in [3.8, 4) is 11.4 Å². The van der Waals surface area contributed by atoms with Gasteiger partial charge in [0.15, 0.2) is 5.76 Å². The summed E-state index contributed by atoms with van der Waals surface area (Å²) in [5.41, 5.74) is 2.28. The molecule has 1 aromatic carbocycles. The summed E-state index contributed by atoms with van der Waals surface area (Å²) in [6.45, 7) is 4.52. The molecule has 0 bridgehead atoms. The molecular weight excluding hydrogens is 326 g/mol. The molecule has 1 saturated heterocycles. The van der Waals surface area contributed by atoms with Gasteiger partial charge in [-0.05, 0) is 37.8 Å². The molecule has 1 aliphatic rings. The smallest absolute Gasteiger partial charge is 0.289 e. The van der Waals surface area contributed by atoms with Gasteiger partial charge in [0.25, 0.3) is 5.91 Å². The lowest BCUT2D eigenvalue weighted by Crippen LogP contribution is -2.41. The van der Waals surface area contributed by atoms with Crippen LogP contribution >= 0.6 is 0 Å². The summed E-state index contributed by atoms with van der Waals surface area (Å²) >= 11 is 0. The Morgan fingerprint density at radius 3 is 2.85 bits per heavy atom. The van der Waals surface area contributed by atoms with Gasteiger partial charge in [0.1, 0.15) is 5.82 Å². The number of rotatable bonds is 4. The molecule has 0 N–H and O–H groups in total. The van der Waals surface area contributed by atoms with Gasteiger partial charge in [-0.2, -0.15) is 0 Å². The quantitative estimate of drug-likeness (QED) is 0.715. The number of carbonyl (C=O) groups excluding carboxylic acids is 1. The highest BCUT2D eigenvalue weighted by atomic mass is 16.3. The van der Waals surface area contributed by atoms with E-state index in [1.807, 2.05) is 29.3 Å². The molecule has 134 valence electrons. The molecule has 26 heavy (non-hydrogen) atoms. The van der Waals surface area contributed by atoms with Gasteiger partial charge in [0.05, 0.1) is 6.26 Å². The fourth-order valence-corrected chi connectivity index (χ4v) is 3.72. The number of likely N-dealkylation sites (tertiary alicyclic amines) is 1. The minimum Gasteiger partial charge on any atom is -0.459 e. The van der Waals surface area contributed by atoms with Gasteiger partial charge in [-0.1, -0.05) is 30.3 Å². The van der Waals surface area contributed by atoms with Crippen molar-refractivity contribution in [2.24, 2.45) is 5.92 Å². The van der Waals surface area contributed by atoms with E-state index in [0.29, 0.717) is 11.7 Å². The third-order valence-electron chi connectivity index (χ3n) is 5.07. The first-order valence-corrected chi connectivity index (χ1v) is 9.12. The first-order valence-electron chi connectivity index (χ1n) is 9.12. The van der Waals surface area contributed by atoms with Crippen LogP contribution in [0.1, 0.15) is 29.1 Å². The second-order valence-electron chi connectivity index (χ2n) is 6.94. The van der Waals surface area contributed by atoms with E-state index in [1.54, 1.807) is 18.4 Å². The average Bonchev–Trinajstić information content (AvgIpc) is 3.33. The normalized spacial score (nSPS) is 17.4. The molecule has 1 atom stereocenters. The van der Waals surface area contributed by atoms with Crippen LogP contribution in [0.2, 0.25) is 0 Å². The Morgan fingerprint density at radius 1 is 1.23 bits per heavy atom. The Morgan fingerprint density at radius 2 is 2.08 bits per heavy atom. The van der Waals surface area contributed by atoms with Crippen LogP contribution in [0.4, 0.5) is 0 Å². The third kappa shape index (κ3) is 3.29. The molecule has 0 spiro atoms. The van der Waals surface area contributed by atoms with E-state index in [2.05, 4.69) is 28.6 Å². The third-order valence-corrected chi connectivity index (χ3v) is 5.07. The summed E-state index contributed by atoms with van der Waals surface area (Å²) in [6, 6.07) is 13.8. The van der Waals surface area contributed by atoms with E-state index in [0.717, 1.165) is 49.6 Å². The highest BCUT2D eigenvalue weighted by Gasteiger charge is 2.27. The summed E-state index contributed by atoms with van der Waals surface area (Å²) in [5.74, 6) is 1.83. The Labute approximate surface area is 153 Å². The zero-order valence-corrected chi connectivity index (χ0v) is 15.0. The van der Waals surface area contributed by atoms with Crippen molar-refractivity contribution in [3.05, 3.63) is 66.4 Å². The number of hydrogen-bond donors (Lipinski definition) is 0. The van der Waals surface area contributed by atoms with Crippen molar-refractivity contribution in [3.63, 3.8) is 0 Å². The number of amides is 1. The molecule has 5 heteroatoms. The van der Waals surface area contributed by atoms with Crippen LogP contribution in [0, 0.1) is 12.8 Å². The zero-order valence-electron chi connectivity index (χ0n) is 15.0. The van der Waals surface area contributed by atoms with Crippen molar-refractivity contribution in [1.29, 1.82) is 0 Å². The van der Waals surface area contributed by atoms with Gasteiger partial charge in [-0.25, -0.2) is 4.98 Å². The number of furan rings is 1. The molecule has 5 nitrogen and oxygen atoms in total. The maximum atomic E-state index is 12.6.